The van der Waals surface area contributed by atoms with E-state index in [1.54, 1.807) is 0 Å². The Morgan fingerprint density at radius 3 is 2.68 bits per heavy atom. The second kappa shape index (κ2) is 7.17. The number of carbonyl (C=O) groups excluding carboxylic acids is 1. The van der Waals surface area contributed by atoms with Crippen LogP contribution in [-0.4, -0.2) is 11.9 Å². The van der Waals surface area contributed by atoms with Crippen LogP contribution in [0.25, 0.3) is 6.08 Å². The summed E-state index contributed by atoms with van der Waals surface area (Å²) in [5.41, 5.74) is 0.172. The van der Waals surface area contributed by atoms with Gasteiger partial charge in [-0.15, -0.1) is 0 Å². The molecule has 1 amide bonds. The molecule has 1 aliphatic carbocycles. The fraction of sp³-hybridized carbons (Fsp3) is 0.412. The fourth-order valence-electron chi connectivity index (χ4n) is 2.69. The predicted octanol–water partition coefficient (Wildman–Crippen LogP) is 3.57. The number of carbonyl (C=O) groups is 1. The van der Waals surface area contributed by atoms with Crippen LogP contribution in [0.5, 0.6) is 0 Å². The number of nitrogens with one attached hydrogen (secondary N) is 1. The van der Waals surface area contributed by atoms with Crippen LogP contribution in [0.1, 0.15) is 38.2 Å². The van der Waals surface area contributed by atoms with Gasteiger partial charge in [-0.2, -0.15) is 5.26 Å². The topological polar surface area (TPSA) is 52.9 Å². The molecule has 22 heavy (non-hydrogen) atoms. The van der Waals surface area contributed by atoms with Crippen molar-refractivity contribution < 1.29 is 13.6 Å². The zero-order valence-electron chi connectivity index (χ0n) is 12.4. The summed E-state index contributed by atoms with van der Waals surface area (Å²) in [5, 5.41) is 12.0. The number of hydrogen-bond donors (Lipinski definition) is 1. The first-order chi connectivity index (χ1) is 10.5. The molecule has 0 radical (unpaired) electrons. The zero-order chi connectivity index (χ0) is 16.1. The molecule has 3 nitrogen and oxygen atoms in total. The number of nitriles is 1. The minimum atomic E-state index is -1.01. The van der Waals surface area contributed by atoms with Crippen molar-refractivity contribution in [1.82, 2.24) is 5.32 Å². The van der Waals surface area contributed by atoms with E-state index in [1.807, 2.05) is 6.07 Å². The minimum absolute atomic E-state index is 0.0583. The average Bonchev–Trinajstić information content (AvgIpc) is 2.50. The van der Waals surface area contributed by atoms with Crippen LogP contribution in [0.3, 0.4) is 0 Å². The lowest BCUT2D eigenvalue weighted by Gasteiger charge is -2.29. The zero-order valence-corrected chi connectivity index (χ0v) is 12.4. The lowest BCUT2D eigenvalue weighted by Crippen LogP contribution is -2.41. The van der Waals surface area contributed by atoms with E-state index in [9.17, 15) is 13.6 Å². The third kappa shape index (κ3) is 3.91. The van der Waals surface area contributed by atoms with E-state index < -0.39 is 17.5 Å². The number of benzene rings is 1. The Labute approximate surface area is 128 Å². The molecule has 0 heterocycles. The number of nitrogens with zero attached hydrogens (tertiary/aromatic N) is 1. The first-order valence-electron chi connectivity index (χ1n) is 7.39. The van der Waals surface area contributed by atoms with E-state index in [-0.39, 0.29) is 17.2 Å². The number of amides is 1. The summed E-state index contributed by atoms with van der Waals surface area (Å²) in [5.74, 6) is -2.06. The van der Waals surface area contributed by atoms with Gasteiger partial charge in [0.1, 0.15) is 11.6 Å². The maximum absolute atomic E-state index is 13.2. The fourth-order valence-corrected chi connectivity index (χ4v) is 2.69. The summed E-state index contributed by atoms with van der Waals surface area (Å²) in [6.07, 6.45) is 5.44. The number of hydrogen-bond acceptors (Lipinski definition) is 2. The maximum Gasteiger partial charge on any atom is 0.262 e. The van der Waals surface area contributed by atoms with Crippen LogP contribution < -0.4 is 5.32 Å². The largest absolute Gasteiger partial charge is 0.348 e. The quantitative estimate of drug-likeness (QED) is 0.685. The Morgan fingerprint density at radius 1 is 1.32 bits per heavy atom. The maximum atomic E-state index is 13.2. The van der Waals surface area contributed by atoms with Gasteiger partial charge < -0.3 is 5.32 Å². The van der Waals surface area contributed by atoms with Crippen LogP contribution in [-0.2, 0) is 4.79 Å². The predicted molar refractivity (Wildman–Crippen MR) is 79.5 cm³/mol. The van der Waals surface area contributed by atoms with Crippen molar-refractivity contribution in [1.29, 1.82) is 5.26 Å². The Bertz CT molecular complexity index is 634. The van der Waals surface area contributed by atoms with Gasteiger partial charge in [0.25, 0.3) is 5.91 Å². The van der Waals surface area contributed by atoms with Gasteiger partial charge in [-0.3, -0.25) is 4.79 Å². The highest BCUT2D eigenvalue weighted by Gasteiger charge is 2.24. The van der Waals surface area contributed by atoms with Crippen molar-refractivity contribution >= 4 is 12.0 Å². The molecule has 1 aliphatic rings. The summed E-state index contributed by atoms with van der Waals surface area (Å²) in [7, 11) is 0. The van der Waals surface area contributed by atoms with Crippen LogP contribution >= 0.6 is 0 Å². The van der Waals surface area contributed by atoms with Crippen LogP contribution in [0.2, 0.25) is 0 Å². The standard InChI is InChI=1S/C17H18F2N2O/c1-11-4-2-3-5-16(11)21-17(22)13(10-20)8-12-6-7-14(18)15(19)9-12/h6-9,11,16H,2-5H2,1H3,(H,21,22)/b13-8+/t11-,16+/m1/s1. The van der Waals surface area contributed by atoms with Crippen molar-refractivity contribution in [2.24, 2.45) is 5.92 Å². The van der Waals surface area contributed by atoms with Gasteiger partial charge >= 0.3 is 0 Å². The van der Waals surface area contributed by atoms with E-state index in [2.05, 4.69) is 12.2 Å². The molecule has 0 saturated heterocycles. The molecule has 0 spiro atoms. The molecular weight excluding hydrogens is 286 g/mol. The molecule has 116 valence electrons. The van der Waals surface area contributed by atoms with E-state index in [0.717, 1.165) is 37.8 Å². The first kappa shape index (κ1) is 16.2. The minimum Gasteiger partial charge on any atom is -0.348 e. The molecule has 2 atom stereocenters. The second-order valence-corrected chi connectivity index (χ2v) is 5.69. The summed E-state index contributed by atoms with van der Waals surface area (Å²) >= 11 is 0. The van der Waals surface area contributed by atoms with E-state index >= 15 is 0 Å². The summed E-state index contributed by atoms with van der Waals surface area (Å²) in [6, 6.07) is 5.14. The lowest BCUT2D eigenvalue weighted by atomic mass is 9.86. The van der Waals surface area contributed by atoms with Crippen LogP contribution in [0.4, 0.5) is 8.78 Å². The van der Waals surface area contributed by atoms with Crippen molar-refractivity contribution in [2.45, 2.75) is 38.6 Å². The Hall–Kier alpha value is -2.22. The lowest BCUT2D eigenvalue weighted by molar-refractivity contribution is -0.118. The van der Waals surface area contributed by atoms with Crippen LogP contribution in [0.15, 0.2) is 23.8 Å². The highest BCUT2D eigenvalue weighted by atomic mass is 19.2. The normalized spacial score (nSPS) is 22.0. The number of rotatable bonds is 3. The smallest absolute Gasteiger partial charge is 0.262 e. The van der Waals surface area contributed by atoms with Gasteiger partial charge in [0, 0.05) is 6.04 Å². The molecule has 1 aromatic carbocycles. The third-order valence-corrected chi connectivity index (χ3v) is 4.05. The summed E-state index contributed by atoms with van der Waals surface area (Å²) < 4.78 is 26.1. The summed E-state index contributed by atoms with van der Waals surface area (Å²) in [6.45, 7) is 2.08. The van der Waals surface area contributed by atoms with Gasteiger partial charge in [0.15, 0.2) is 11.6 Å². The van der Waals surface area contributed by atoms with Gasteiger partial charge in [0.05, 0.1) is 0 Å². The SMILES string of the molecule is C[C@@H]1CCCC[C@@H]1NC(=O)/C(C#N)=C/c1ccc(F)c(F)c1. The molecule has 1 saturated carbocycles. The van der Waals surface area contributed by atoms with Crippen molar-refractivity contribution in [3.8, 4) is 6.07 Å². The monoisotopic (exact) mass is 304 g/mol. The molecule has 5 heteroatoms. The Kier molecular flexibility index (Phi) is 5.26. The second-order valence-electron chi connectivity index (χ2n) is 5.69. The van der Waals surface area contributed by atoms with E-state index in [1.165, 1.54) is 12.1 Å². The van der Waals surface area contributed by atoms with Crippen molar-refractivity contribution in [3.05, 3.63) is 41.0 Å². The number of halogens is 2. The van der Waals surface area contributed by atoms with Crippen LogP contribution in [0, 0.1) is 28.9 Å². The first-order valence-corrected chi connectivity index (χ1v) is 7.39. The Balaban J connectivity index is 2.13. The van der Waals surface area contributed by atoms with Gasteiger partial charge in [-0.1, -0.05) is 25.8 Å². The molecular formula is C17H18F2N2O. The molecule has 2 rings (SSSR count). The highest BCUT2D eigenvalue weighted by Crippen LogP contribution is 2.24. The molecule has 0 bridgehead atoms. The molecule has 0 unspecified atom stereocenters. The Morgan fingerprint density at radius 2 is 2.05 bits per heavy atom. The van der Waals surface area contributed by atoms with Gasteiger partial charge in [-0.25, -0.2) is 8.78 Å². The molecule has 0 aromatic heterocycles. The van der Waals surface area contributed by atoms with Gasteiger partial charge in [-0.05, 0) is 42.5 Å². The third-order valence-electron chi connectivity index (χ3n) is 4.05. The molecule has 1 aromatic rings. The molecule has 1 fully saturated rings. The molecule has 1 N–H and O–H groups in total. The molecule has 0 aliphatic heterocycles. The van der Waals surface area contributed by atoms with Crippen molar-refractivity contribution in [3.63, 3.8) is 0 Å². The van der Waals surface area contributed by atoms with E-state index in [4.69, 9.17) is 5.26 Å². The highest BCUT2D eigenvalue weighted by molar-refractivity contribution is 6.01. The van der Waals surface area contributed by atoms with Gasteiger partial charge in [0.2, 0.25) is 0 Å². The summed E-state index contributed by atoms with van der Waals surface area (Å²) in [4.78, 5) is 12.2. The van der Waals surface area contributed by atoms with E-state index in [0.29, 0.717) is 5.92 Å². The van der Waals surface area contributed by atoms with Crippen molar-refractivity contribution in [2.75, 3.05) is 0 Å². The average molecular weight is 304 g/mol.